The fraction of sp³-hybridized carbons (Fsp3) is 0.448. The molecule has 11 nitrogen and oxygen atoms in total. The molecule has 216 valence electrons. The van der Waals surface area contributed by atoms with Crippen LogP contribution in [0.4, 0.5) is 5.69 Å². The first-order valence-corrected chi connectivity index (χ1v) is 13.8. The summed E-state index contributed by atoms with van der Waals surface area (Å²) in [4.78, 5) is 42.2. The second-order valence-corrected chi connectivity index (χ2v) is 10.1. The van der Waals surface area contributed by atoms with E-state index in [1.165, 1.54) is 18.6 Å². The number of nitrogens with one attached hydrogen (secondary N) is 3. The number of rotatable bonds is 13. The van der Waals surface area contributed by atoms with Crippen molar-refractivity contribution >= 4 is 29.4 Å². The monoisotopic (exact) mass is 551 g/mol. The number of amides is 3. The highest BCUT2D eigenvalue weighted by atomic mass is 16.5. The number of nitrogens with zero attached hydrogens (tertiary/aromatic N) is 1. The number of anilines is 1. The van der Waals surface area contributed by atoms with Gasteiger partial charge in [-0.15, -0.1) is 0 Å². The standard InChI is InChI=1S/C29H41N7O4/c1-33-29(32)34-16-8-13-22(30)27(38)36-24(17-19-9-4-2-5-10-19)28(39)35-23-15-14-20(26(31)37)18-25(23)40-21-11-6-3-7-12-21/h3,6-7,11-12,14-15,18-19,22,24H,2,4-5,8-10,13,16-17,30H2,1H3,(H2,31,37)(H,35,39)(H,36,38)(H3,32,33,34)/t22-,24-/m0/s1. The number of para-hydroxylation sites is 1. The molecule has 3 amide bonds. The van der Waals surface area contributed by atoms with Crippen LogP contribution in [0.25, 0.3) is 0 Å². The lowest BCUT2D eigenvalue weighted by molar-refractivity contribution is -0.127. The van der Waals surface area contributed by atoms with Gasteiger partial charge in [-0.05, 0) is 55.5 Å². The number of carbonyl (C=O) groups excluding carboxylic acids is 3. The molecule has 1 aliphatic carbocycles. The number of carbonyl (C=O) groups is 3. The summed E-state index contributed by atoms with van der Waals surface area (Å²) in [7, 11) is 1.59. The molecule has 2 aromatic rings. The maximum atomic E-state index is 13.6. The van der Waals surface area contributed by atoms with Gasteiger partial charge in [-0.25, -0.2) is 0 Å². The smallest absolute Gasteiger partial charge is 0.248 e. The molecule has 2 atom stereocenters. The maximum Gasteiger partial charge on any atom is 0.248 e. The molecule has 40 heavy (non-hydrogen) atoms. The first-order valence-electron chi connectivity index (χ1n) is 13.8. The van der Waals surface area contributed by atoms with Crippen LogP contribution in [0.5, 0.6) is 11.5 Å². The van der Waals surface area contributed by atoms with Gasteiger partial charge in [0.2, 0.25) is 17.7 Å². The Hall–Kier alpha value is -4.12. The van der Waals surface area contributed by atoms with Crippen molar-refractivity contribution in [2.75, 3.05) is 18.9 Å². The fourth-order valence-corrected chi connectivity index (χ4v) is 4.71. The van der Waals surface area contributed by atoms with Crippen molar-refractivity contribution in [1.82, 2.24) is 10.6 Å². The fourth-order valence-electron chi connectivity index (χ4n) is 4.71. The Morgan fingerprint density at radius 1 is 1.02 bits per heavy atom. The zero-order valence-corrected chi connectivity index (χ0v) is 23.0. The Labute approximate surface area is 235 Å². The van der Waals surface area contributed by atoms with Crippen LogP contribution in [-0.2, 0) is 9.59 Å². The summed E-state index contributed by atoms with van der Waals surface area (Å²) in [6.07, 6.45) is 6.93. The molecule has 3 rings (SSSR count). The largest absolute Gasteiger partial charge is 0.455 e. The molecule has 1 saturated carbocycles. The van der Waals surface area contributed by atoms with E-state index in [2.05, 4.69) is 20.9 Å². The summed E-state index contributed by atoms with van der Waals surface area (Å²) in [6, 6.07) is 12.0. The van der Waals surface area contributed by atoms with Gasteiger partial charge in [0.15, 0.2) is 11.7 Å². The molecule has 0 aromatic heterocycles. The van der Waals surface area contributed by atoms with Crippen LogP contribution in [0.15, 0.2) is 53.5 Å². The van der Waals surface area contributed by atoms with Gasteiger partial charge < -0.3 is 37.9 Å². The van der Waals surface area contributed by atoms with Crippen molar-refractivity contribution in [2.24, 2.45) is 28.1 Å². The van der Waals surface area contributed by atoms with E-state index >= 15 is 0 Å². The second kappa shape index (κ2) is 15.5. The Morgan fingerprint density at radius 3 is 2.42 bits per heavy atom. The van der Waals surface area contributed by atoms with Gasteiger partial charge in [0.05, 0.1) is 11.7 Å². The lowest BCUT2D eigenvalue weighted by Gasteiger charge is -2.27. The van der Waals surface area contributed by atoms with Gasteiger partial charge in [-0.2, -0.15) is 0 Å². The molecule has 0 spiro atoms. The number of hydrogen-bond donors (Lipinski definition) is 6. The maximum absolute atomic E-state index is 13.6. The summed E-state index contributed by atoms with van der Waals surface area (Å²) in [5.41, 5.74) is 17.9. The summed E-state index contributed by atoms with van der Waals surface area (Å²) in [6.45, 7) is 0.529. The second-order valence-electron chi connectivity index (χ2n) is 10.1. The minimum atomic E-state index is -0.789. The molecule has 0 aliphatic heterocycles. The van der Waals surface area contributed by atoms with Crippen LogP contribution < -0.4 is 37.9 Å². The Bertz CT molecular complexity index is 1170. The van der Waals surface area contributed by atoms with Crippen molar-refractivity contribution < 1.29 is 19.1 Å². The molecule has 2 aromatic carbocycles. The van der Waals surface area contributed by atoms with Crippen LogP contribution in [0.1, 0.15) is 61.7 Å². The number of hydrogen-bond acceptors (Lipinski definition) is 6. The predicted octanol–water partition coefficient (Wildman–Crippen LogP) is 2.61. The van der Waals surface area contributed by atoms with Crippen molar-refractivity contribution in [3.05, 3.63) is 54.1 Å². The zero-order valence-electron chi connectivity index (χ0n) is 23.0. The minimum Gasteiger partial charge on any atom is -0.455 e. The Balaban J connectivity index is 1.74. The summed E-state index contributed by atoms with van der Waals surface area (Å²) >= 11 is 0. The first-order chi connectivity index (χ1) is 19.3. The average molecular weight is 552 g/mol. The van der Waals surface area contributed by atoms with Gasteiger partial charge >= 0.3 is 0 Å². The van der Waals surface area contributed by atoms with Crippen LogP contribution in [0.3, 0.4) is 0 Å². The van der Waals surface area contributed by atoms with Gasteiger partial charge in [-0.1, -0.05) is 50.3 Å². The third-order valence-corrected chi connectivity index (χ3v) is 7.00. The third-order valence-electron chi connectivity index (χ3n) is 7.00. The molecule has 1 aliphatic rings. The predicted molar refractivity (Wildman–Crippen MR) is 156 cm³/mol. The molecule has 1 fully saturated rings. The summed E-state index contributed by atoms with van der Waals surface area (Å²) in [5, 5.41) is 8.71. The highest BCUT2D eigenvalue weighted by molar-refractivity contribution is 6.00. The average Bonchev–Trinajstić information content (AvgIpc) is 2.96. The van der Waals surface area contributed by atoms with Crippen molar-refractivity contribution in [3.63, 3.8) is 0 Å². The van der Waals surface area contributed by atoms with Gasteiger partial charge in [0.1, 0.15) is 11.8 Å². The van der Waals surface area contributed by atoms with Crippen molar-refractivity contribution in [1.29, 1.82) is 0 Å². The number of guanidine groups is 1. The summed E-state index contributed by atoms with van der Waals surface area (Å²) < 4.78 is 5.98. The Morgan fingerprint density at radius 2 is 1.75 bits per heavy atom. The van der Waals surface area contributed by atoms with Gasteiger partial charge in [-0.3, -0.25) is 19.4 Å². The molecule has 0 saturated heterocycles. The van der Waals surface area contributed by atoms with Crippen LogP contribution in [0.2, 0.25) is 0 Å². The van der Waals surface area contributed by atoms with E-state index in [1.54, 1.807) is 25.2 Å². The first kappa shape index (κ1) is 30.4. The quantitative estimate of drug-likeness (QED) is 0.125. The highest BCUT2D eigenvalue weighted by Gasteiger charge is 2.28. The van der Waals surface area contributed by atoms with Crippen LogP contribution in [-0.4, -0.2) is 49.4 Å². The molecule has 0 bridgehead atoms. The molecule has 0 radical (unpaired) electrons. The van der Waals surface area contributed by atoms with Crippen LogP contribution in [0, 0.1) is 5.92 Å². The number of nitrogens with two attached hydrogens (primary N) is 3. The Kier molecular flexibility index (Phi) is 11.8. The molecule has 9 N–H and O–H groups in total. The minimum absolute atomic E-state index is 0.239. The van der Waals surface area contributed by atoms with Gasteiger partial charge in [0, 0.05) is 19.2 Å². The lowest BCUT2D eigenvalue weighted by Crippen LogP contribution is -2.50. The molecule has 11 heteroatoms. The van der Waals surface area contributed by atoms with E-state index in [-0.39, 0.29) is 17.2 Å². The topological polar surface area (TPSA) is 187 Å². The zero-order chi connectivity index (χ0) is 28.9. The van der Waals surface area contributed by atoms with E-state index in [9.17, 15) is 14.4 Å². The number of benzene rings is 2. The number of aliphatic imine (C=N–C) groups is 1. The van der Waals surface area contributed by atoms with E-state index in [0.29, 0.717) is 49.1 Å². The number of primary amides is 1. The number of ether oxygens (including phenoxy) is 1. The molecular formula is C29H41N7O4. The lowest BCUT2D eigenvalue weighted by atomic mass is 9.84. The molecule has 0 heterocycles. The third kappa shape index (κ3) is 9.57. The van der Waals surface area contributed by atoms with Crippen molar-refractivity contribution in [2.45, 2.75) is 63.5 Å². The van der Waals surface area contributed by atoms with Crippen molar-refractivity contribution in [3.8, 4) is 11.5 Å². The SMILES string of the molecule is CN=C(N)NCCC[C@H](N)C(=O)N[C@@H](CC1CCCCC1)C(=O)Nc1ccc(C(N)=O)cc1Oc1ccccc1. The molecule has 0 unspecified atom stereocenters. The van der Waals surface area contributed by atoms with E-state index < -0.39 is 23.9 Å². The van der Waals surface area contributed by atoms with E-state index in [4.69, 9.17) is 21.9 Å². The van der Waals surface area contributed by atoms with Crippen LogP contribution >= 0.6 is 0 Å². The van der Waals surface area contributed by atoms with Gasteiger partial charge in [0.25, 0.3) is 0 Å². The summed E-state index contributed by atoms with van der Waals surface area (Å²) in [5.74, 6) is 0.0341. The van der Waals surface area contributed by atoms with E-state index in [0.717, 1.165) is 25.7 Å². The normalized spacial score (nSPS) is 15.5. The van der Waals surface area contributed by atoms with E-state index in [1.807, 2.05) is 18.2 Å². The molecular weight excluding hydrogens is 510 g/mol. The highest BCUT2D eigenvalue weighted by Crippen LogP contribution is 2.32.